The number of nitrogens with one attached hydrogen (secondary N) is 3. The summed E-state index contributed by atoms with van der Waals surface area (Å²) in [6.07, 6.45) is -0.886. The van der Waals surface area contributed by atoms with Gasteiger partial charge >= 0.3 is 0 Å². The van der Waals surface area contributed by atoms with Gasteiger partial charge in [0.25, 0.3) is 11.8 Å². The van der Waals surface area contributed by atoms with Gasteiger partial charge in [-0.3, -0.25) is 20.4 Å². The van der Waals surface area contributed by atoms with E-state index in [1.807, 2.05) is 6.07 Å². The van der Waals surface area contributed by atoms with Crippen molar-refractivity contribution < 1.29 is 23.5 Å². The van der Waals surface area contributed by atoms with E-state index in [2.05, 4.69) is 15.8 Å². The van der Waals surface area contributed by atoms with E-state index < -0.39 is 23.7 Å². The fourth-order valence-electron chi connectivity index (χ4n) is 2.41. The van der Waals surface area contributed by atoms with E-state index in [-0.39, 0.29) is 5.69 Å². The number of ether oxygens (including phenoxy) is 2. The van der Waals surface area contributed by atoms with Crippen molar-refractivity contribution in [2.24, 2.45) is 0 Å². The average molecular weight is 371 g/mol. The Bertz CT molecular complexity index is 969. The minimum atomic E-state index is -0.886. The zero-order valence-electron chi connectivity index (χ0n) is 14.7. The second kappa shape index (κ2) is 7.77. The molecule has 140 valence electrons. The molecule has 0 aliphatic heterocycles. The Hall–Kier alpha value is -3.55. The minimum Gasteiger partial charge on any atom is -0.497 e. The second-order valence-corrected chi connectivity index (χ2v) is 5.79. The number of aromatic amines is 1. The van der Waals surface area contributed by atoms with Crippen molar-refractivity contribution >= 4 is 22.7 Å². The molecule has 1 atom stereocenters. The summed E-state index contributed by atoms with van der Waals surface area (Å²) in [6.45, 7) is 1.51. The summed E-state index contributed by atoms with van der Waals surface area (Å²) in [5.74, 6) is -0.452. The van der Waals surface area contributed by atoms with E-state index in [9.17, 15) is 14.0 Å². The van der Waals surface area contributed by atoms with Crippen LogP contribution in [0.1, 0.15) is 17.4 Å². The van der Waals surface area contributed by atoms with Crippen LogP contribution in [0.3, 0.4) is 0 Å². The van der Waals surface area contributed by atoms with E-state index in [0.29, 0.717) is 11.5 Å². The number of halogens is 1. The number of carbonyl (C=O) groups excluding carboxylic acids is 2. The Labute approximate surface area is 154 Å². The molecule has 0 spiro atoms. The molecular weight excluding hydrogens is 353 g/mol. The molecule has 27 heavy (non-hydrogen) atoms. The molecule has 2 amide bonds. The SMILES string of the molecule is COc1ccc2cc(C(=O)NNC(=O)C(C)Oc3ccc(F)cc3)[nH]c2c1. The van der Waals surface area contributed by atoms with Gasteiger partial charge in [0.05, 0.1) is 7.11 Å². The van der Waals surface area contributed by atoms with Crippen molar-refractivity contribution in [3.8, 4) is 11.5 Å². The van der Waals surface area contributed by atoms with Gasteiger partial charge in [0, 0.05) is 17.0 Å². The molecule has 8 heteroatoms. The molecule has 0 aliphatic carbocycles. The molecule has 1 unspecified atom stereocenters. The van der Waals surface area contributed by atoms with Crippen molar-refractivity contribution in [2.45, 2.75) is 13.0 Å². The lowest BCUT2D eigenvalue weighted by Gasteiger charge is -2.14. The molecule has 2 aromatic carbocycles. The Morgan fingerprint density at radius 1 is 1.04 bits per heavy atom. The van der Waals surface area contributed by atoms with Gasteiger partial charge in [0.15, 0.2) is 6.10 Å². The largest absolute Gasteiger partial charge is 0.497 e. The van der Waals surface area contributed by atoms with E-state index in [1.165, 1.54) is 31.2 Å². The van der Waals surface area contributed by atoms with Crippen molar-refractivity contribution in [1.82, 2.24) is 15.8 Å². The molecule has 0 fully saturated rings. The second-order valence-electron chi connectivity index (χ2n) is 5.79. The molecule has 3 rings (SSSR count). The monoisotopic (exact) mass is 371 g/mol. The van der Waals surface area contributed by atoms with Gasteiger partial charge in [-0.2, -0.15) is 0 Å². The van der Waals surface area contributed by atoms with Crippen LogP contribution >= 0.6 is 0 Å². The number of rotatable bonds is 5. The molecule has 1 heterocycles. The first-order valence-electron chi connectivity index (χ1n) is 8.15. The van der Waals surface area contributed by atoms with Crippen LogP contribution in [0.2, 0.25) is 0 Å². The summed E-state index contributed by atoms with van der Waals surface area (Å²) in [7, 11) is 1.56. The average Bonchev–Trinajstić information content (AvgIpc) is 3.10. The van der Waals surface area contributed by atoms with E-state index in [1.54, 1.807) is 25.3 Å². The summed E-state index contributed by atoms with van der Waals surface area (Å²) in [5, 5.41) is 0.834. The number of hydrogen-bond donors (Lipinski definition) is 3. The molecule has 0 saturated heterocycles. The Morgan fingerprint density at radius 2 is 1.74 bits per heavy atom. The first kappa shape index (κ1) is 18.2. The van der Waals surface area contributed by atoms with Gasteiger partial charge < -0.3 is 14.5 Å². The standard InChI is InChI=1S/C19H18FN3O4/c1-11(27-14-7-4-13(20)5-8-14)18(24)22-23-19(25)17-9-12-3-6-15(26-2)10-16(12)21-17/h3-11,21H,1-2H3,(H,22,24)(H,23,25). The summed E-state index contributed by atoms with van der Waals surface area (Å²) in [5.41, 5.74) is 5.64. The summed E-state index contributed by atoms with van der Waals surface area (Å²) in [4.78, 5) is 27.2. The van der Waals surface area contributed by atoms with Crippen LogP contribution in [0.4, 0.5) is 4.39 Å². The van der Waals surface area contributed by atoms with Gasteiger partial charge in [0.2, 0.25) is 0 Å². The highest BCUT2D eigenvalue weighted by Crippen LogP contribution is 2.21. The van der Waals surface area contributed by atoms with Crippen molar-refractivity contribution in [1.29, 1.82) is 0 Å². The Kier molecular flexibility index (Phi) is 5.25. The highest BCUT2D eigenvalue weighted by molar-refractivity contribution is 5.99. The van der Waals surface area contributed by atoms with Gasteiger partial charge in [-0.25, -0.2) is 4.39 Å². The molecule has 7 nitrogen and oxygen atoms in total. The number of H-pyrrole nitrogens is 1. The van der Waals surface area contributed by atoms with Crippen molar-refractivity contribution in [3.63, 3.8) is 0 Å². The van der Waals surface area contributed by atoms with Crippen LogP contribution in [0.5, 0.6) is 11.5 Å². The number of amides is 2. The lowest BCUT2D eigenvalue weighted by molar-refractivity contribution is -0.128. The Balaban J connectivity index is 1.57. The van der Waals surface area contributed by atoms with E-state index in [4.69, 9.17) is 9.47 Å². The maximum Gasteiger partial charge on any atom is 0.286 e. The first-order valence-corrected chi connectivity index (χ1v) is 8.15. The van der Waals surface area contributed by atoms with Gasteiger partial charge in [-0.15, -0.1) is 0 Å². The predicted molar refractivity (Wildman–Crippen MR) is 96.9 cm³/mol. The summed E-state index contributed by atoms with van der Waals surface area (Å²) < 4.78 is 23.4. The van der Waals surface area contributed by atoms with Crippen LogP contribution in [-0.4, -0.2) is 30.0 Å². The Morgan fingerprint density at radius 3 is 2.44 bits per heavy atom. The number of hydrazine groups is 1. The summed E-state index contributed by atoms with van der Waals surface area (Å²) in [6, 6.07) is 12.3. The smallest absolute Gasteiger partial charge is 0.286 e. The van der Waals surface area contributed by atoms with Crippen LogP contribution in [-0.2, 0) is 4.79 Å². The third-order valence-electron chi connectivity index (χ3n) is 3.87. The van der Waals surface area contributed by atoms with Gasteiger partial charge in [-0.1, -0.05) is 0 Å². The molecule has 0 aliphatic rings. The van der Waals surface area contributed by atoms with Crippen molar-refractivity contribution in [2.75, 3.05) is 7.11 Å². The third-order valence-corrected chi connectivity index (χ3v) is 3.87. The molecule has 3 N–H and O–H groups in total. The molecular formula is C19H18FN3O4. The summed E-state index contributed by atoms with van der Waals surface area (Å²) >= 11 is 0. The highest BCUT2D eigenvalue weighted by atomic mass is 19.1. The van der Waals surface area contributed by atoms with E-state index >= 15 is 0 Å². The molecule has 1 aromatic heterocycles. The minimum absolute atomic E-state index is 0.283. The van der Waals surface area contributed by atoms with E-state index in [0.717, 1.165) is 10.9 Å². The topological polar surface area (TPSA) is 92.5 Å². The van der Waals surface area contributed by atoms with Gasteiger partial charge in [0.1, 0.15) is 23.0 Å². The van der Waals surface area contributed by atoms with Crippen LogP contribution < -0.4 is 20.3 Å². The fourth-order valence-corrected chi connectivity index (χ4v) is 2.41. The number of carbonyl (C=O) groups is 2. The predicted octanol–water partition coefficient (Wildman–Crippen LogP) is 2.54. The maximum atomic E-state index is 12.9. The van der Waals surface area contributed by atoms with Crippen LogP contribution in [0, 0.1) is 5.82 Å². The molecule has 3 aromatic rings. The highest BCUT2D eigenvalue weighted by Gasteiger charge is 2.17. The molecule has 0 saturated carbocycles. The number of benzene rings is 2. The van der Waals surface area contributed by atoms with Crippen molar-refractivity contribution in [3.05, 3.63) is 60.0 Å². The zero-order valence-corrected chi connectivity index (χ0v) is 14.7. The number of aromatic nitrogens is 1. The number of methoxy groups -OCH3 is 1. The molecule has 0 radical (unpaired) electrons. The van der Waals surface area contributed by atoms with Crippen LogP contribution in [0.15, 0.2) is 48.5 Å². The molecule has 0 bridgehead atoms. The number of hydrogen-bond acceptors (Lipinski definition) is 4. The fraction of sp³-hybridized carbons (Fsp3) is 0.158. The third kappa shape index (κ3) is 4.35. The maximum absolute atomic E-state index is 12.9. The van der Waals surface area contributed by atoms with Gasteiger partial charge in [-0.05, 0) is 49.4 Å². The van der Waals surface area contributed by atoms with Crippen LogP contribution in [0.25, 0.3) is 10.9 Å². The quantitative estimate of drug-likeness (QED) is 0.601. The normalized spacial score (nSPS) is 11.7. The lowest BCUT2D eigenvalue weighted by Crippen LogP contribution is -2.47. The first-order chi connectivity index (χ1) is 13.0. The zero-order chi connectivity index (χ0) is 19.4. The lowest BCUT2D eigenvalue weighted by atomic mass is 10.2. The number of fused-ring (bicyclic) bond motifs is 1.